The molecule has 2 aromatic carbocycles. The van der Waals surface area contributed by atoms with E-state index in [9.17, 15) is 4.79 Å². The van der Waals surface area contributed by atoms with Crippen LogP contribution in [0.4, 0.5) is 11.4 Å². The number of anilines is 2. The molecule has 0 radical (unpaired) electrons. The van der Waals surface area contributed by atoms with Gasteiger partial charge in [0.1, 0.15) is 11.5 Å². The second-order valence-corrected chi connectivity index (χ2v) is 9.84. The molecule has 2 aliphatic carbocycles. The van der Waals surface area contributed by atoms with Crippen molar-refractivity contribution < 1.29 is 24.1 Å². The summed E-state index contributed by atoms with van der Waals surface area (Å²) >= 11 is 11.6. The Morgan fingerprint density at radius 1 is 0.914 bits per heavy atom. The number of carbonyl (C=O) groups is 1. The molecule has 9 heteroatoms. The molecule has 0 amide bonds. The van der Waals surface area contributed by atoms with E-state index in [1.165, 1.54) is 0 Å². The van der Waals surface area contributed by atoms with E-state index in [-0.39, 0.29) is 30.7 Å². The molecule has 35 heavy (non-hydrogen) atoms. The van der Waals surface area contributed by atoms with Gasteiger partial charge in [0.15, 0.2) is 0 Å². The Bertz CT molecular complexity index is 990. The molecule has 0 heterocycles. The second-order valence-electron chi connectivity index (χ2n) is 8.97. The van der Waals surface area contributed by atoms with Gasteiger partial charge in [-0.3, -0.25) is 4.79 Å². The minimum Gasteiger partial charge on any atom is -0.488 e. The normalized spacial score (nSPS) is 23.3. The van der Waals surface area contributed by atoms with Crippen molar-refractivity contribution in [2.75, 3.05) is 24.7 Å². The molecule has 2 aliphatic rings. The average Bonchev–Trinajstić information content (AvgIpc) is 3.48. The van der Waals surface area contributed by atoms with Gasteiger partial charge in [-0.15, -0.1) is 0 Å². The van der Waals surface area contributed by atoms with Gasteiger partial charge in [-0.1, -0.05) is 23.2 Å². The lowest BCUT2D eigenvalue weighted by molar-refractivity contribution is -0.147. The zero-order chi connectivity index (χ0) is 25.4. The van der Waals surface area contributed by atoms with Gasteiger partial charge < -0.3 is 30.8 Å². The summed E-state index contributed by atoms with van der Waals surface area (Å²) in [6.45, 7) is 2.48. The summed E-state index contributed by atoms with van der Waals surface area (Å²) in [6, 6.07) is 10.4. The minimum absolute atomic E-state index is 0.0119. The van der Waals surface area contributed by atoms with Gasteiger partial charge >= 0.3 is 5.97 Å². The Balaban J connectivity index is 0.000000198. The first-order valence-corrected chi connectivity index (χ1v) is 12.8. The smallest absolute Gasteiger partial charge is 0.309 e. The van der Waals surface area contributed by atoms with E-state index >= 15 is 0 Å². The zero-order valence-electron chi connectivity index (χ0n) is 19.9. The quantitative estimate of drug-likeness (QED) is 0.323. The lowest BCUT2D eigenvalue weighted by atomic mass is 10.1. The fourth-order valence-corrected chi connectivity index (χ4v) is 4.80. The fraction of sp³-hybridized carbons (Fsp3) is 0.500. The van der Waals surface area contributed by atoms with Gasteiger partial charge in [0.25, 0.3) is 0 Å². The van der Waals surface area contributed by atoms with Crippen LogP contribution in [0.3, 0.4) is 0 Å². The maximum atomic E-state index is 11.6. The van der Waals surface area contributed by atoms with E-state index < -0.39 is 0 Å². The minimum atomic E-state index is -0.127. The molecule has 4 unspecified atom stereocenters. The molecule has 0 spiro atoms. The lowest BCUT2D eigenvalue weighted by Gasteiger charge is -2.15. The van der Waals surface area contributed by atoms with E-state index in [4.69, 9.17) is 54.0 Å². The molecule has 0 aliphatic heterocycles. The predicted molar refractivity (Wildman–Crippen MR) is 139 cm³/mol. The molecule has 0 bridgehead atoms. The third-order valence-electron chi connectivity index (χ3n) is 6.29. The first-order valence-electron chi connectivity index (χ1n) is 12.0. The van der Waals surface area contributed by atoms with Gasteiger partial charge in [-0.25, -0.2) is 0 Å². The number of hydrogen-bond acceptors (Lipinski definition) is 7. The molecular weight excluding hydrogens is 491 g/mol. The summed E-state index contributed by atoms with van der Waals surface area (Å²) in [5, 5.41) is 10.2. The van der Waals surface area contributed by atoms with Gasteiger partial charge in [-0.05, 0) is 87.8 Å². The fourth-order valence-electron chi connectivity index (χ4n) is 4.44. The number of nitrogen functional groups attached to an aromatic ring is 2. The number of benzene rings is 2. The van der Waals surface area contributed by atoms with Crippen LogP contribution in [-0.2, 0) is 9.53 Å². The van der Waals surface area contributed by atoms with Crippen molar-refractivity contribution in [3.8, 4) is 11.5 Å². The number of carbonyl (C=O) groups excluding carboxylic acids is 1. The number of aliphatic hydroxyl groups excluding tert-OH is 1. The molecule has 0 aromatic heterocycles. The van der Waals surface area contributed by atoms with E-state index in [1.54, 1.807) is 36.4 Å². The third-order valence-corrected chi connectivity index (χ3v) is 6.76. The number of halogens is 2. The van der Waals surface area contributed by atoms with Crippen molar-refractivity contribution in [1.29, 1.82) is 0 Å². The van der Waals surface area contributed by atoms with Crippen LogP contribution in [0.5, 0.6) is 11.5 Å². The van der Waals surface area contributed by atoms with Crippen molar-refractivity contribution in [2.45, 2.75) is 57.7 Å². The topological polar surface area (TPSA) is 117 Å². The monoisotopic (exact) mass is 524 g/mol. The molecule has 5 N–H and O–H groups in total. The molecule has 4 rings (SSSR count). The van der Waals surface area contributed by atoms with E-state index in [1.807, 2.05) is 6.92 Å². The van der Waals surface area contributed by atoms with E-state index in [2.05, 4.69) is 0 Å². The van der Waals surface area contributed by atoms with Crippen LogP contribution in [0.25, 0.3) is 0 Å². The molecule has 192 valence electrons. The maximum absolute atomic E-state index is 11.6. The van der Waals surface area contributed by atoms with Crippen LogP contribution in [0.2, 0.25) is 10.0 Å². The summed E-state index contributed by atoms with van der Waals surface area (Å²) in [7, 11) is 0. The SMILES string of the molecule is CCOC(=O)C1CCC(Oc2ccc(Cl)cc2N)C1.Nc1cc(Cl)ccc1OC1CCC(CO)C1. The van der Waals surface area contributed by atoms with Gasteiger partial charge in [0.2, 0.25) is 0 Å². The van der Waals surface area contributed by atoms with Crippen LogP contribution >= 0.6 is 23.2 Å². The summed E-state index contributed by atoms with van der Waals surface area (Å²) in [4.78, 5) is 11.6. The summed E-state index contributed by atoms with van der Waals surface area (Å²) in [5.41, 5.74) is 12.7. The summed E-state index contributed by atoms with van der Waals surface area (Å²) < 4.78 is 16.7. The third kappa shape index (κ3) is 8.09. The Labute approximate surface area is 216 Å². The second kappa shape index (κ2) is 13.1. The molecule has 0 saturated heterocycles. The van der Waals surface area contributed by atoms with Crippen LogP contribution in [-0.4, -0.2) is 36.5 Å². The van der Waals surface area contributed by atoms with Crippen molar-refractivity contribution in [2.24, 2.45) is 11.8 Å². The van der Waals surface area contributed by atoms with Crippen molar-refractivity contribution in [3.63, 3.8) is 0 Å². The molecule has 2 fully saturated rings. The van der Waals surface area contributed by atoms with E-state index in [0.29, 0.717) is 51.9 Å². The van der Waals surface area contributed by atoms with Gasteiger partial charge in [0.05, 0.1) is 36.1 Å². The first kappa shape index (κ1) is 27.2. The van der Waals surface area contributed by atoms with E-state index in [0.717, 1.165) is 32.1 Å². The Hall–Kier alpha value is -2.35. The maximum Gasteiger partial charge on any atom is 0.309 e. The number of hydrogen-bond donors (Lipinski definition) is 3. The first-order chi connectivity index (χ1) is 16.8. The molecule has 2 aromatic rings. The average molecular weight is 525 g/mol. The van der Waals surface area contributed by atoms with Crippen LogP contribution in [0.1, 0.15) is 45.4 Å². The standard InChI is InChI=1S/C14H18ClNO3.C12H16ClNO2/c1-2-18-14(17)9-3-5-11(7-9)19-13-6-4-10(15)8-12(13)16;13-9-2-4-12(11(14)6-9)16-10-3-1-8(5-10)7-15/h4,6,8-9,11H,2-3,5,7,16H2,1H3;2,4,6,8,10,15H,1,3,5,7,14H2. The van der Waals surface area contributed by atoms with Crippen molar-refractivity contribution >= 4 is 40.5 Å². The van der Waals surface area contributed by atoms with Crippen LogP contribution in [0, 0.1) is 11.8 Å². The number of aliphatic hydroxyl groups is 1. The number of esters is 1. The van der Waals surface area contributed by atoms with Crippen molar-refractivity contribution in [1.82, 2.24) is 0 Å². The Morgan fingerprint density at radius 2 is 1.46 bits per heavy atom. The highest BCUT2D eigenvalue weighted by molar-refractivity contribution is 6.31. The molecule has 2 saturated carbocycles. The molecule has 7 nitrogen and oxygen atoms in total. The number of ether oxygens (including phenoxy) is 3. The van der Waals surface area contributed by atoms with Gasteiger partial charge in [-0.2, -0.15) is 0 Å². The highest BCUT2D eigenvalue weighted by atomic mass is 35.5. The zero-order valence-corrected chi connectivity index (χ0v) is 21.4. The van der Waals surface area contributed by atoms with Crippen molar-refractivity contribution in [3.05, 3.63) is 46.4 Å². The lowest BCUT2D eigenvalue weighted by Crippen LogP contribution is -2.18. The number of nitrogens with two attached hydrogens (primary N) is 2. The van der Waals surface area contributed by atoms with Crippen LogP contribution < -0.4 is 20.9 Å². The summed E-state index contributed by atoms with van der Waals surface area (Å²) in [5.74, 6) is 1.50. The summed E-state index contributed by atoms with van der Waals surface area (Å²) in [6.07, 6.45) is 5.41. The Kier molecular flexibility index (Phi) is 10.2. The molecule has 4 atom stereocenters. The highest BCUT2D eigenvalue weighted by Crippen LogP contribution is 2.34. The number of rotatable bonds is 7. The van der Waals surface area contributed by atoms with Crippen LogP contribution in [0.15, 0.2) is 36.4 Å². The molecular formula is C26H34Cl2N2O5. The Morgan fingerprint density at radius 3 is 1.94 bits per heavy atom. The largest absolute Gasteiger partial charge is 0.488 e. The highest BCUT2D eigenvalue weighted by Gasteiger charge is 2.32. The van der Waals surface area contributed by atoms with Gasteiger partial charge in [0, 0.05) is 16.7 Å². The predicted octanol–water partition coefficient (Wildman–Crippen LogP) is 5.49.